The Kier molecular flexibility index (Phi) is 11.4. The number of aliphatic hydroxyl groups is 1. The number of hydrogen-bond acceptors (Lipinski definition) is 6. The number of likely N-dealkylation sites (N-methyl/N-ethyl adjacent to an activating group) is 1. The van der Waals surface area contributed by atoms with Crippen LogP contribution < -0.4 is 10.1 Å². The third-order valence-electron chi connectivity index (χ3n) is 6.08. The lowest BCUT2D eigenvalue weighted by Gasteiger charge is -2.29. The van der Waals surface area contributed by atoms with Crippen molar-refractivity contribution in [1.29, 1.82) is 0 Å². The van der Waals surface area contributed by atoms with E-state index in [0.717, 1.165) is 23.5 Å². The maximum absolute atomic E-state index is 13.8. The van der Waals surface area contributed by atoms with Crippen molar-refractivity contribution in [3.05, 3.63) is 59.2 Å². The summed E-state index contributed by atoms with van der Waals surface area (Å²) in [6.45, 7) is 3.15. The fourth-order valence-corrected chi connectivity index (χ4v) is 5.26. The van der Waals surface area contributed by atoms with Crippen molar-refractivity contribution in [2.24, 2.45) is 0 Å². The quantitative estimate of drug-likeness (QED) is 0.263. The van der Waals surface area contributed by atoms with Crippen molar-refractivity contribution in [2.75, 3.05) is 20.1 Å². The smallest absolute Gasteiger partial charge is 0.481 e. The molecule has 0 radical (unpaired) electrons. The summed E-state index contributed by atoms with van der Waals surface area (Å²) in [5.41, 5.74) is -0.584. The minimum Gasteiger partial charge on any atom is -0.481 e. The summed E-state index contributed by atoms with van der Waals surface area (Å²) in [5, 5.41) is 22.4. The van der Waals surface area contributed by atoms with Crippen molar-refractivity contribution in [3.63, 3.8) is 0 Å². The normalized spacial score (nSPS) is 13.4. The van der Waals surface area contributed by atoms with Crippen LogP contribution in [0.2, 0.25) is 0 Å². The number of aryl methyl sites for hydroxylation is 1. The van der Waals surface area contributed by atoms with Gasteiger partial charge < -0.3 is 20.3 Å². The summed E-state index contributed by atoms with van der Waals surface area (Å²) in [7, 11) is -3.26. The molecule has 2 aromatic rings. The molecule has 8 nitrogen and oxygen atoms in total. The van der Waals surface area contributed by atoms with Gasteiger partial charge in [-0.1, -0.05) is 6.07 Å². The van der Waals surface area contributed by atoms with Crippen LogP contribution in [0.3, 0.4) is 0 Å². The second-order valence-corrected chi connectivity index (χ2v) is 12.1. The van der Waals surface area contributed by atoms with Crippen molar-refractivity contribution in [1.82, 2.24) is 9.62 Å². The molecule has 0 saturated carbocycles. The van der Waals surface area contributed by atoms with Gasteiger partial charge in [-0.05, 0) is 69.4 Å². The van der Waals surface area contributed by atoms with E-state index in [1.165, 1.54) is 18.2 Å². The van der Waals surface area contributed by atoms with Crippen molar-refractivity contribution in [3.8, 4) is 5.75 Å². The van der Waals surface area contributed by atoms with E-state index in [-0.39, 0.29) is 30.5 Å². The number of halogens is 5. The summed E-state index contributed by atoms with van der Waals surface area (Å²) < 4.78 is 96.8. The van der Waals surface area contributed by atoms with Gasteiger partial charge in [0.25, 0.3) is 0 Å². The molecule has 0 aliphatic heterocycles. The van der Waals surface area contributed by atoms with E-state index in [2.05, 4.69) is 10.1 Å². The average molecular weight is 597 g/mol. The van der Waals surface area contributed by atoms with Gasteiger partial charge in [-0.3, -0.25) is 4.79 Å². The summed E-state index contributed by atoms with van der Waals surface area (Å²) >= 11 is 0. The highest BCUT2D eigenvalue weighted by Gasteiger charge is 2.32. The average Bonchev–Trinajstić information content (AvgIpc) is 2.82. The molecule has 3 N–H and O–H groups in total. The van der Waals surface area contributed by atoms with Crippen molar-refractivity contribution in [2.45, 2.75) is 68.9 Å². The Hall–Kier alpha value is -2.81. The Labute approximate surface area is 229 Å². The first-order valence-electron chi connectivity index (χ1n) is 12.3. The first-order valence-corrected chi connectivity index (χ1v) is 13.8. The summed E-state index contributed by atoms with van der Waals surface area (Å²) in [5.74, 6) is -3.30. The standard InChI is InChI=1S/C26H33F5N2O6S/c1-25(2,11-5-6-21-22(27)7-4-8-23(21)28)32-15-18(34)16-33(3)40(37,38)20-13-17(9-10-24(35)36)12-19(14-20)39-26(29,30)31/h4,7-8,12-14,18,32,34H,5-6,9-11,15-16H2,1-3H3,(H,35,36). The van der Waals surface area contributed by atoms with Gasteiger partial charge in [-0.25, -0.2) is 17.2 Å². The Morgan fingerprint density at radius 1 is 1.10 bits per heavy atom. The van der Waals surface area contributed by atoms with Crippen molar-refractivity contribution >= 4 is 16.0 Å². The lowest BCUT2D eigenvalue weighted by atomic mass is 9.95. The van der Waals surface area contributed by atoms with Gasteiger partial charge in [0.2, 0.25) is 10.0 Å². The van der Waals surface area contributed by atoms with Crippen LogP contribution in [-0.4, -0.2) is 67.0 Å². The van der Waals surface area contributed by atoms with E-state index < -0.39 is 69.2 Å². The van der Waals surface area contributed by atoms with Crippen LogP contribution in [-0.2, 0) is 27.7 Å². The molecule has 0 heterocycles. The topological polar surface area (TPSA) is 116 Å². The molecule has 1 unspecified atom stereocenters. The van der Waals surface area contributed by atoms with Crippen LogP contribution >= 0.6 is 0 Å². The number of alkyl halides is 3. The lowest BCUT2D eigenvalue weighted by Crippen LogP contribution is -2.46. The minimum atomic E-state index is -5.10. The van der Waals surface area contributed by atoms with Crippen LogP contribution in [0.25, 0.3) is 0 Å². The van der Waals surface area contributed by atoms with E-state index in [1.807, 2.05) is 13.8 Å². The SMILES string of the molecule is CN(CC(O)CNC(C)(C)CCCc1c(F)cccc1F)S(=O)(=O)c1cc(CCC(=O)O)cc(OC(F)(F)F)c1. The number of ether oxygens (including phenoxy) is 1. The van der Waals surface area contributed by atoms with Crippen molar-refractivity contribution < 1.29 is 50.1 Å². The number of sulfonamides is 1. The zero-order chi connectivity index (χ0) is 30.3. The monoisotopic (exact) mass is 596 g/mol. The second kappa shape index (κ2) is 13.7. The lowest BCUT2D eigenvalue weighted by molar-refractivity contribution is -0.274. The van der Waals surface area contributed by atoms with Crippen LogP contribution in [0.5, 0.6) is 5.75 Å². The molecule has 2 rings (SSSR count). The van der Waals surface area contributed by atoms with Gasteiger partial charge in [0.1, 0.15) is 17.4 Å². The number of aliphatic carboxylic acids is 1. The number of β-amino-alcohol motifs (C(OH)–C–C–N with tert-alkyl or cyclic N) is 1. The zero-order valence-corrected chi connectivity index (χ0v) is 23.1. The van der Waals surface area contributed by atoms with E-state index in [1.54, 1.807) is 0 Å². The largest absolute Gasteiger partial charge is 0.573 e. The van der Waals surface area contributed by atoms with Gasteiger partial charge in [-0.15, -0.1) is 13.2 Å². The molecule has 40 heavy (non-hydrogen) atoms. The summed E-state index contributed by atoms with van der Waals surface area (Å²) in [4.78, 5) is 10.3. The van der Waals surface area contributed by atoms with Crippen LogP contribution in [0, 0.1) is 11.6 Å². The third-order valence-corrected chi connectivity index (χ3v) is 7.88. The van der Waals surface area contributed by atoms with Gasteiger partial charge in [0.15, 0.2) is 0 Å². The molecule has 2 aromatic carbocycles. The van der Waals surface area contributed by atoms with Crippen LogP contribution in [0.1, 0.15) is 44.2 Å². The molecule has 0 fully saturated rings. The number of carboxylic acids is 1. The highest BCUT2D eigenvalue weighted by Crippen LogP contribution is 2.29. The fraction of sp³-hybridized carbons (Fsp3) is 0.500. The predicted octanol–water partition coefficient (Wildman–Crippen LogP) is 4.25. The molecule has 0 amide bonds. The van der Waals surface area contributed by atoms with E-state index >= 15 is 0 Å². The molecule has 1 atom stereocenters. The number of aliphatic hydroxyl groups excluding tert-OH is 1. The number of nitrogens with one attached hydrogen (secondary N) is 1. The maximum Gasteiger partial charge on any atom is 0.573 e. The molecule has 224 valence electrons. The number of hydrogen-bond donors (Lipinski definition) is 3. The third kappa shape index (κ3) is 10.6. The molecule has 0 saturated heterocycles. The molecular weight excluding hydrogens is 563 g/mol. The van der Waals surface area contributed by atoms with Gasteiger partial charge in [-0.2, -0.15) is 4.31 Å². The Bertz CT molecular complexity index is 1250. The number of nitrogens with zero attached hydrogens (tertiary/aromatic N) is 1. The Balaban J connectivity index is 2.03. The highest BCUT2D eigenvalue weighted by molar-refractivity contribution is 7.89. The maximum atomic E-state index is 13.8. The number of rotatable bonds is 15. The predicted molar refractivity (Wildman–Crippen MR) is 136 cm³/mol. The minimum absolute atomic E-state index is 0.00959. The molecule has 0 aliphatic carbocycles. The van der Waals surface area contributed by atoms with E-state index in [0.29, 0.717) is 18.9 Å². The first-order chi connectivity index (χ1) is 18.4. The molecule has 14 heteroatoms. The Morgan fingerprint density at radius 2 is 1.73 bits per heavy atom. The molecular formula is C26H33F5N2O6S. The zero-order valence-electron chi connectivity index (χ0n) is 22.3. The van der Waals surface area contributed by atoms with Crippen LogP contribution in [0.4, 0.5) is 22.0 Å². The molecule has 0 aliphatic rings. The fourth-order valence-electron chi connectivity index (χ4n) is 3.97. The second-order valence-electron chi connectivity index (χ2n) is 10.0. The Morgan fingerprint density at radius 3 is 2.30 bits per heavy atom. The van der Waals surface area contributed by atoms with E-state index in [4.69, 9.17) is 5.11 Å². The number of carbonyl (C=O) groups is 1. The van der Waals surface area contributed by atoms with Crippen LogP contribution in [0.15, 0.2) is 41.3 Å². The van der Waals surface area contributed by atoms with Gasteiger partial charge in [0.05, 0.1) is 11.0 Å². The highest BCUT2D eigenvalue weighted by atomic mass is 32.2. The summed E-state index contributed by atoms with van der Waals surface area (Å²) in [6.07, 6.45) is -5.92. The van der Waals surface area contributed by atoms with E-state index in [9.17, 15) is 40.3 Å². The number of benzene rings is 2. The summed E-state index contributed by atoms with van der Waals surface area (Å²) in [6, 6.07) is 6.29. The molecule has 0 bridgehead atoms. The van der Waals surface area contributed by atoms with Gasteiger partial charge >= 0.3 is 12.3 Å². The first kappa shape index (κ1) is 33.4. The van der Waals surface area contributed by atoms with Gasteiger partial charge in [0, 0.05) is 43.7 Å². The molecule has 0 spiro atoms. The number of carboxylic acid groups (broad SMARTS) is 1. The molecule has 0 aromatic heterocycles.